The zero-order valence-electron chi connectivity index (χ0n) is 15.9. The molecule has 0 fully saturated rings. The van der Waals surface area contributed by atoms with E-state index in [4.69, 9.17) is 25.7 Å². The molecule has 7 nitrogen and oxygen atoms in total. The van der Waals surface area contributed by atoms with Gasteiger partial charge in [-0.15, -0.1) is 0 Å². The van der Waals surface area contributed by atoms with Gasteiger partial charge in [0, 0.05) is 0 Å². The summed E-state index contributed by atoms with van der Waals surface area (Å²) in [5, 5.41) is 0. The Morgan fingerprint density at radius 2 is 1.54 bits per heavy atom. The molecule has 0 spiro atoms. The van der Waals surface area contributed by atoms with E-state index < -0.39 is 5.41 Å². The molecule has 0 unspecified atom stereocenters. The van der Waals surface area contributed by atoms with E-state index >= 15 is 0 Å². The van der Waals surface area contributed by atoms with Crippen molar-refractivity contribution in [1.29, 1.82) is 0 Å². The SMILES string of the molecule is COc1cc(C(C)(C)C#Cc2c(C)nc(N)nc2N)cc(OC)c1OC. The van der Waals surface area contributed by atoms with Gasteiger partial charge < -0.3 is 25.7 Å². The summed E-state index contributed by atoms with van der Waals surface area (Å²) in [5.41, 5.74) is 13.1. The van der Waals surface area contributed by atoms with Crippen molar-refractivity contribution in [2.75, 3.05) is 32.8 Å². The van der Waals surface area contributed by atoms with Crippen LogP contribution in [0, 0.1) is 18.8 Å². The van der Waals surface area contributed by atoms with Crippen molar-refractivity contribution in [3.05, 3.63) is 29.0 Å². The Kier molecular flexibility index (Phi) is 5.46. The Labute approximate surface area is 153 Å². The third-order valence-corrected chi connectivity index (χ3v) is 4.02. The lowest BCUT2D eigenvalue weighted by Gasteiger charge is -2.22. The molecule has 2 aromatic rings. The van der Waals surface area contributed by atoms with Crippen LogP contribution in [0.25, 0.3) is 0 Å². The Bertz CT molecular complexity index is 834. The molecule has 0 bridgehead atoms. The fourth-order valence-electron chi connectivity index (χ4n) is 2.50. The van der Waals surface area contributed by atoms with Gasteiger partial charge in [0.05, 0.1) is 38.0 Å². The Balaban J connectivity index is 2.53. The number of ether oxygens (including phenoxy) is 3. The number of hydrogen-bond acceptors (Lipinski definition) is 7. The van der Waals surface area contributed by atoms with Crippen molar-refractivity contribution in [3.8, 4) is 29.1 Å². The highest BCUT2D eigenvalue weighted by molar-refractivity contribution is 5.59. The molecule has 138 valence electrons. The number of aryl methyl sites for hydroxylation is 1. The predicted octanol–water partition coefficient (Wildman–Crippen LogP) is 2.30. The van der Waals surface area contributed by atoms with Crippen LogP contribution in [-0.2, 0) is 5.41 Å². The van der Waals surface area contributed by atoms with Gasteiger partial charge in [0.1, 0.15) is 5.82 Å². The first-order chi connectivity index (χ1) is 12.2. The Hall–Kier alpha value is -3.14. The number of rotatable bonds is 4. The maximum atomic E-state index is 5.93. The maximum absolute atomic E-state index is 5.93. The van der Waals surface area contributed by atoms with E-state index in [-0.39, 0.29) is 11.8 Å². The van der Waals surface area contributed by atoms with E-state index in [1.807, 2.05) is 26.0 Å². The molecule has 1 aromatic heterocycles. The van der Waals surface area contributed by atoms with E-state index in [0.717, 1.165) is 5.56 Å². The minimum absolute atomic E-state index is 0.134. The van der Waals surface area contributed by atoms with E-state index in [0.29, 0.717) is 28.5 Å². The van der Waals surface area contributed by atoms with Gasteiger partial charge in [0.2, 0.25) is 11.7 Å². The van der Waals surface area contributed by atoms with Crippen molar-refractivity contribution in [3.63, 3.8) is 0 Å². The van der Waals surface area contributed by atoms with Crippen molar-refractivity contribution >= 4 is 11.8 Å². The fraction of sp³-hybridized carbons (Fsp3) is 0.368. The standard InChI is InChI=1S/C19H24N4O3/c1-11-13(17(20)23-18(21)22-11)7-8-19(2,3)12-9-14(24-4)16(26-6)15(10-12)25-5/h9-10H,1-6H3,(H4,20,21,22,23). The molecule has 0 amide bonds. The van der Waals surface area contributed by atoms with Crippen molar-refractivity contribution in [2.45, 2.75) is 26.2 Å². The summed E-state index contributed by atoms with van der Waals surface area (Å²) in [6.45, 7) is 5.78. The number of methoxy groups -OCH3 is 3. The lowest BCUT2D eigenvalue weighted by Crippen LogP contribution is -2.15. The number of aromatic nitrogens is 2. The van der Waals surface area contributed by atoms with Gasteiger partial charge in [0.25, 0.3) is 0 Å². The summed E-state index contributed by atoms with van der Waals surface area (Å²) in [5.74, 6) is 8.39. The van der Waals surface area contributed by atoms with Crippen LogP contribution in [0.5, 0.6) is 17.2 Å². The summed E-state index contributed by atoms with van der Waals surface area (Å²) >= 11 is 0. The number of benzene rings is 1. The molecular weight excluding hydrogens is 332 g/mol. The van der Waals surface area contributed by atoms with Crippen LogP contribution in [-0.4, -0.2) is 31.3 Å². The van der Waals surface area contributed by atoms with Gasteiger partial charge in [-0.25, -0.2) is 4.98 Å². The van der Waals surface area contributed by atoms with Crippen LogP contribution >= 0.6 is 0 Å². The monoisotopic (exact) mass is 356 g/mol. The normalized spacial score (nSPS) is 10.7. The molecule has 0 aliphatic carbocycles. The molecule has 26 heavy (non-hydrogen) atoms. The molecule has 1 heterocycles. The largest absolute Gasteiger partial charge is 0.493 e. The highest BCUT2D eigenvalue weighted by Crippen LogP contribution is 2.41. The van der Waals surface area contributed by atoms with Crippen LogP contribution in [0.4, 0.5) is 11.8 Å². The third kappa shape index (κ3) is 3.75. The van der Waals surface area contributed by atoms with Gasteiger partial charge in [-0.3, -0.25) is 0 Å². The van der Waals surface area contributed by atoms with E-state index in [9.17, 15) is 0 Å². The van der Waals surface area contributed by atoms with Gasteiger partial charge in [-0.2, -0.15) is 4.98 Å². The summed E-state index contributed by atoms with van der Waals surface area (Å²) < 4.78 is 16.2. The molecule has 1 aromatic carbocycles. The quantitative estimate of drug-likeness (QED) is 0.810. The zero-order chi connectivity index (χ0) is 19.5. The molecule has 0 saturated carbocycles. The van der Waals surface area contributed by atoms with Gasteiger partial charge >= 0.3 is 0 Å². The Morgan fingerprint density at radius 3 is 2.00 bits per heavy atom. The second-order valence-corrected chi connectivity index (χ2v) is 6.22. The first-order valence-corrected chi connectivity index (χ1v) is 7.96. The van der Waals surface area contributed by atoms with E-state index in [1.165, 1.54) is 0 Å². The molecular formula is C19H24N4O3. The average Bonchev–Trinajstić information content (AvgIpc) is 2.59. The topological polar surface area (TPSA) is 106 Å². The van der Waals surface area contributed by atoms with E-state index in [1.54, 1.807) is 28.3 Å². The molecule has 7 heteroatoms. The molecule has 2 rings (SSSR count). The van der Waals surface area contributed by atoms with Crippen LogP contribution in [0.1, 0.15) is 30.7 Å². The Morgan fingerprint density at radius 1 is 0.962 bits per heavy atom. The van der Waals surface area contributed by atoms with Crippen molar-refractivity contribution in [1.82, 2.24) is 9.97 Å². The summed E-state index contributed by atoms with van der Waals surface area (Å²) in [6.07, 6.45) is 0. The molecule has 0 aliphatic rings. The molecule has 0 radical (unpaired) electrons. The smallest absolute Gasteiger partial charge is 0.222 e. The lowest BCUT2D eigenvalue weighted by molar-refractivity contribution is 0.323. The molecule has 0 aliphatic heterocycles. The lowest BCUT2D eigenvalue weighted by atomic mass is 9.84. The van der Waals surface area contributed by atoms with Gasteiger partial charge in [-0.05, 0) is 38.5 Å². The third-order valence-electron chi connectivity index (χ3n) is 4.02. The van der Waals surface area contributed by atoms with Crippen LogP contribution in [0.3, 0.4) is 0 Å². The molecule has 0 atom stereocenters. The predicted molar refractivity (Wildman–Crippen MR) is 102 cm³/mol. The second kappa shape index (κ2) is 7.40. The number of nitrogen functional groups attached to an aromatic ring is 2. The number of hydrogen-bond donors (Lipinski definition) is 2. The first-order valence-electron chi connectivity index (χ1n) is 7.96. The van der Waals surface area contributed by atoms with Gasteiger partial charge in [-0.1, -0.05) is 11.8 Å². The number of anilines is 2. The minimum Gasteiger partial charge on any atom is -0.493 e. The van der Waals surface area contributed by atoms with Crippen molar-refractivity contribution in [2.24, 2.45) is 0 Å². The molecule has 4 N–H and O–H groups in total. The summed E-state index contributed by atoms with van der Waals surface area (Å²) in [7, 11) is 4.72. The summed E-state index contributed by atoms with van der Waals surface area (Å²) in [6, 6.07) is 3.76. The zero-order valence-corrected chi connectivity index (χ0v) is 15.9. The van der Waals surface area contributed by atoms with Crippen LogP contribution in [0.15, 0.2) is 12.1 Å². The maximum Gasteiger partial charge on any atom is 0.222 e. The fourth-order valence-corrected chi connectivity index (χ4v) is 2.50. The van der Waals surface area contributed by atoms with Gasteiger partial charge in [0.15, 0.2) is 11.5 Å². The second-order valence-electron chi connectivity index (χ2n) is 6.22. The first kappa shape index (κ1) is 19.2. The van der Waals surface area contributed by atoms with Crippen LogP contribution in [0.2, 0.25) is 0 Å². The number of nitrogens with zero attached hydrogens (tertiary/aromatic N) is 2. The highest BCUT2D eigenvalue weighted by atomic mass is 16.5. The van der Waals surface area contributed by atoms with Crippen molar-refractivity contribution < 1.29 is 14.2 Å². The van der Waals surface area contributed by atoms with Crippen LogP contribution < -0.4 is 25.7 Å². The number of nitrogens with two attached hydrogens (primary N) is 2. The summed E-state index contributed by atoms with van der Waals surface area (Å²) in [4.78, 5) is 8.08. The average molecular weight is 356 g/mol. The van der Waals surface area contributed by atoms with E-state index in [2.05, 4.69) is 21.8 Å². The molecule has 0 saturated heterocycles. The highest BCUT2D eigenvalue weighted by Gasteiger charge is 2.23. The minimum atomic E-state index is -0.521.